The van der Waals surface area contributed by atoms with E-state index in [0.29, 0.717) is 12.0 Å². The van der Waals surface area contributed by atoms with E-state index in [1.807, 2.05) is 72.8 Å². The molecule has 0 aliphatic carbocycles. The molecule has 7 nitrogen and oxygen atoms in total. The van der Waals surface area contributed by atoms with Crippen LogP contribution in [0.1, 0.15) is 23.6 Å². The van der Waals surface area contributed by atoms with Crippen molar-refractivity contribution in [3.8, 4) is 28.3 Å². The molecule has 0 aliphatic rings. The monoisotopic (exact) mass is 533 g/mol. The van der Waals surface area contributed by atoms with Crippen molar-refractivity contribution in [1.29, 1.82) is 5.26 Å². The number of carbonyl (C=O) groups excluding carboxylic acids is 1. The third-order valence-electron chi connectivity index (χ3n) is 6.88. The van der Waals surface area contributed by atoms with E-state index < -0.39 is 29.9 Å². The fourth-order valence-electron chi connectivity index (χ4n) is 4.77. The van der Waals surface area contributed by atoms with E-state index in [9.17, 15) is 19.8 Å². The van der Waals surface area contributed by atoms with Crippen molar-refractivity contribution in [2.24, 2.45) is 5.92 Å². The highest BCUT2D eigenvalue weighted by Gasteiger charge is 2.35. The highest BCUT2D eigenvalue weighted by molar-refractivity contribution is 5.87. The molecule has 40 heavy (non-hydrogen) atoms. The summed E-state index contributed by atoms with van der Waals surface area (Å²) in [5.74, 6) is -2.64. The highest BCUT2D eigenvalue weighted by atomic mass is 16.4. The maximum atomic E-state index is 13.6. The second kappa shape index (κ2) is 13.2. The maximum absolute atomic E-state index is 13.6. The standard InChI is InChI=1S/C33H31N3O4/c1-2-6-30(33(39)40)31(32(38)35-29(22-37)19-23-7-4-3-5-8-23)36-18-17-28(21-36)27-15-13-26(14-16-27)25-11-9-24(20-34)10-12-25/h2-5,7-18,21,29-31,37H,1,6,19,22H2,(H,35,38)(H,39,40)/t29-,30?,31?/m0/s1. The van der Waals surface area contributed by atoms with Crippen LogP contribution in [0.25, 0.3) is 22.3 Å². The zero-order valence-electron chi connectivity index (χ0n) is 22.0. The molecule has 0 spiro atoms. The first kappa shape index (κ1) is 28.1. The van der Waals surface area contributed by atoms with Gasteiger partial charge in [0.2, 0.25) is 5.91 Å². The molecule has 4 aromatic rings. The molecule has 7 heteroatoms. The van der Waals surface area contributed by atoms with Gasteiger partial charge in [-0.25, -0.2) is 0 Å². The number of benzene rings is 3. The van der Waals surface area contributed by atoms with Crippen molar-refractivity contribution in [1.82, 2.24) is 9.88 Å². The lowest BCUT2D eigenvalue weighted by atomic mass is 9.94. The van der Waals surface area contributed by atoms with Crippen LogP contribution in [0.2, 0.25) is 0 Å². The van der Waals surface area contributed by atoms with Crippen molar-refractivity contribution in [2.45, 2.75) is 24.9 Å². The van der Waals surface area contributed by atoms with E-state index >= 15 is 0 Å². The fraction of sp³-hybridized carbons (Fsp3) is 0.182. The lowest BCUT2D eigenvalue weighted by molar-refractivity contribution is -0.146. The van der Waals surface area contributed by atoms with Gasteiger partial charge in [0.1, 0.15) is 6.04 Å². The van der Waals surface area contributed by atoms with E-state index in [2.05, 4.69) is 18.0 Å². The minimum Gasteiger partial charge on any atom is -0.481 e. The summed E-state index contributed by atoms with van der Waals surface area (Å²) in [6, 6.07) is 27.1. The van der Waals surface area contributed by atoms with Crippen molar-refractivity contribution in [3.05, 3.63) is 121 Å². The molecule has 1 heterocycles. The summed E-state index contributed by atoms with van der Waals surface area (Å²) in [7, 11) is 0. The van der Waals surface area contributed by atoms with Gasteiger partial charge in [-0.3, -0.25) is 9.59 Å². The van der Waals surface area contributed by atoms with Crippen molar-refractivity contribution < 1.29 is 19.8 Å². The third-order valence-corrected chi connectivity index (χ3v) is 6.88. The van der Waals surface area contributed by atoms with Gasteiger partial charge >= 0.3 is 5.97 Å². The number of rotatable bonds is 12. The number of aromatic nitrogens is 1. The van der Waals surface area contributed by atoms with Crippen LogP contribution in [-0.2, 0) is 16.0 Å². The average molecular weight is 534 g/mol. The number of nitriles is 1. The van der Waals surface area contributed by atoms with Crippen molar-refractivity contribution in [2.75, 3.05) is 6.61 Å². The average Bonchev–Trinajstić information content (AvgIpc) is 3.47. The summed E-state index contributed by atoms with van der Waals surface area (Å²) >= 11 is 0. The summed E-state index contributed by atoms with van der Waals surface area (Å²) in [6.07, 6.45) is 5.49. The van der Waals surface area contributed by atoms with Crippen LogP contribution in [0.4, 0.5) is 0 Å². The molecule has 202 valence electrons. The number of amides is 1. The number of nitrogens with zero attached hydrogens (tertiary/aromatic N) is 2. The van der Waals surface area contributed by atoms with Gasteiger partial charge < -0.3 is 20.1 Å². The topological polar surface area (TPSA) is 115 Å². The number of hydrogen-bond donors (Lipinski definition) is 3. The Morgan fingerprint density at radius 2 is 1.52 bits per heavy atom. The molecule has 0 bridgehead atoms. The van der Waals surface area contributed by atoms with Gasteiger partial charge in [-0.1, -0.05) is 72.8 Å². The minimum atomic E-state index is -1.11. The highest BCUT2D eigenvalue weighted by Crippen LogP contribution is 2.29. The van der Waals surface area contributed by atoms with Crippen LogP contribution < -0.4 is 5.32 Å². The molecule has 0 fully saturated rings. The molecular formula is C33H31N3O4. The van der Waals surface area contributed by atoms with Crippen LogP contribution in [0.3, 0.4) is 0 Å². The number of carbonyl (C=O) groups is 2. The molecule has 1 aromatic heterocycles. The summed E-state index contributed by atoms with van der Waals surface area (Å²) in [4.78, 5) is 25.8. The van der Waals surface area contributed by atoms with E-state index in [1.165, 1.54) is 6.08 Å². The summed E-state index contributed by atoms with van der Waals surface area (Å²) in [6.45, 7) is 3.40. The molecule has 4 rings (SSSR count). The number of hydrogen-bond acceptors (Lipinski definition) is 4. The van der Waals surface area contributed by atoms with Gasteiger partial charge in [0.25, 0.3) is 0 Å². The molecule has 0 saturated heterocycles. The Bertz CT molecular complexity index is 1490. The van der Waals surface area contributed by atoms with Crippen molar-refractivity contribution >= 4 is 11.9 Å². The van der Waals surface area contributed by atoms with E-state index in [-0.39, 0.29) is 13.0 Å². The Balaban J connectivity index is 1.58. The van der Waals surface area contributed by atoms with Crippen LogP contribution >= 0.6 is 0 Å². The van der Waals surface area contributed by atoms with Gasteiger partial charge in [0.15, 0.2) is 0 Å². The smallest absolute Gasteiger partial charge is 0.309 e. The molecule has 0 aliphatic heterocycles. The van der Waals surface area contributed by atoms with Gasteiger partial charge in [-0.05, 0) is 58.9 Å². The number of aliphatic carboxylic acids is 1. The molecule has 0 radical (unpaired) electrons. The summed E-state index contributed by atoms with van der Waals surface area (Å²) < 4.78 is 1.62. The van der Waals surface area contributed by atoms with Gasteiger partial charge in [-0.2, -0.15) is 5.26 Å². The molecule has 3 aromatic carbocycles. The lowest BCUT2D eigenvalue weighted by Crippen LogP contribution is -2.46. The Hall–Kier alpha value is -4.93. The zero-order valence-corrected chi connectivity index (χ0v) is 22.0. The number of carboxylic acids is 1. The van der Waals surface area contributed by atoms with Crippen LogP contribution in [0.5, 0.6) is 0 Å². The van der Waals surface area contributed by atoms with Crippen LogP contribution in [-0.4, -0.2) is 39.3 Å². The Morgan fingerprint density at radius 1 is 0.925 bits per heavy atom. The van der Waals surface area contributed by atoms with Gasteiger partial charge in [0, 0.05) is 12.4 Å². The molecule has 1 amide bonds. The van der Waals surface area contributed by atoms with Gasteiger partial charge in [0.05, 0.1) is 30.2 Å². The van der Waals surface area contributed by atoms with E-state index in [0.717, 1.165) is 27.8 Å². The first-order valence-corrected chi connectivity index (χ1v) is 13.0. The zero-order chi connectivity index (χ0) is 28.5. The third kappa shape index (κ3) is 6.73. The largest absolute Gasteiger partial charge is 0.481 e. The van der Waals surface area contributed by atoms with E-state index in [4.69, 9.17) is 5.26 Å². The minimum absolute atomic E-state index is 0.0999. The lowest BCUT2D eigenvalue weighted by Gasteiger charge is -2.26. The Kier molecular flexibility index (Phi) is 9.29. The number of nitrogens with one attached hydrogen (secondary N) is 1. The Labute approximate surface area is 233 Å². The van der Waals surface area contributed by atoms with Crippen LogP contribution in [0, 0.1) is 17.2 Å². The fourth-order valence-corrected chi connectivity index (χ4v) is 4.77. The number of aliphatic hydroxyl groups is 1. The molecule has 0 saturated carbocycles. The maximum Gasteiger partial charge on any atom is 0.309 e. The number of allylic oxidation sites excluding steroid dienone is 1. The number of aliphatic hydroxyl groups excluding tert-OH is 1. The number of carboxylic acid groups (broad SMARTS) is 1. The molecule has 3 atom stereocenters. The first-order valence-electron chi connectivity index (χ1n) is 13.0. The Morgan fingerprint density at radius 3 is 2.08 bits per heavy atom. The quantitative estimate of drug-likeness (QED) is 0.216. The SMILES string of the molecule is C=CCC(C(=O)O)C(C(=O)N[C@H](CO)Cc1ccccc1)n1ccc(-c2ccc(-c3ccc(C#N)cc3)cc2)c1. The molecule has 3 N–H and O–H groups in total. The molecular weight excluding hydrogens is 502 g/mol. The summed E-state index contributed by atoms with van der Waals surface area (Å²) in [5, 5.41) is 31.8. The van der Waals surface area contributed by atoms with Crippen molar-refractivity contribution in [3.63, 3.8) is 0 Å². The van der Waals surface area contributed by atoms with E-state index in [1.54, 1.807) is 29.1 Å². The van der Waals surface area contributed by atoms with Gasteiger partial charge in [-0.15, -0.1) is 6.58 Å². The predicted molar refractivity (Wildman–Crippen MR) is 154 cm³/mol. The van der Waals surface area contributed by atoms with Crippen LogP contribution in [0.15, 0.2) is 110 Å². The first-order chi connectivity index (χ1) is 19.4. The summed E-state index contributed by atoms with van der Waals surface area (Å²) in [5.41, 5.74) is 5.27. The normalized spacial score (nSPS) is 13.0. The molecule has 2 unspecified atom stereocenters. The predicted octanol–water partition coefficient (Wildman–Crippen LogP) is 5.23. The second-order valence-corrected chi connectivity index (χ2v) is 9.61. The second-order valence-electron chi connectivity index (χ2n) is 9.61.